The van der Waals surface area contributed by atoms with E-state index in [2.05, 4.69) is 55.9 Å². The van der Waals surface area contributed by atoms with Crippen molar-refractivity contribution >= 4 is 5.71 Å². The van der Waals surface area contributed by atoms with Crippen LogP contribution in [0.5, 0.6) is 0 Å². The van der Waals surface area contributed by atoms with Crippen LogP contribution in [0.1, 0.15) is 99.3 Å². The van der Waals surface area contributed by atoms with E-state index in [9.17, 15) is 0 Å². The Kier molecular flexibility index (Phi) is 8.68. The SMILES string of the molecule is C[C@@H]1CCC[C@H](C)N1C1C(=[N+]2[C@H](C)CCC[C@@H]2C)C1N1[C@H](C)CCC[C@@H]1C.[O-][Cl+3]([O-])([O-])[O-]. The molecule has 1 saturated carbocycles. The smallest absolute Gasteiger partial charge is 0.191 e. The zero-order chi connectivity index (χ0) is 23.8. The summed E-state index contributed by atoms with van der Waals surface area (Å²) in [6.45, 7) is 15.0. The molecule has 8 heteroatoms. The second-order valence-corrected chi connectivity index (χ2v) is 11.6. The van der Waals surface area contributed by atoms with Crippen LogP contribution < -0.4 is 18.6 Å². The van der Waals surface area contributed by atoms with Crippen molar-refractivity contribution in [2.24, 2.45) is 0 Å². The van der Waals surface area contributed by atoms with Gasteiger partial charge < -0.3 is 0 Å². The Morgan fingerprint density at radius 3 is 1.19 bits per heavy atom. The first kappa shape index (κ1) is 26.3. The third kappa shape index (κ3) is 6.04. The molecule has 0 N–H and O–H groups in total. The standard InChI is InChI=1S/C24H44N3.ClHO4/c1-16-10-7-11-17(2)25(16)22-23(26-18(3)12-8-13-19(26)4)24(22)27-20(5)14-9-15-21(27)6;2-1(3,4)5/h16-23H,7-15H2,1-6H3;(H,2,3,4,5)/q+1;/p-1/t16-,17+,18-,19+,20-,21+,22?,23?;. The molecule has 4 aliphatic rings. The van der Waals surface area contributed by atoms with Crippen LogP contribution in [0, 0.1) is 10.2 Å². The third-order valence-corrected chi connectivity index (χ3v) is 8.45. The highest BCUT2D eigenvalue weighted by atomic mass is 35.7. The fraction of sp³-hybridized carbons (Fsp3) is 0.958. The van der Waals surface area contributed by atoms with Gasteiger partial charge in [-0.15, -0.1) is 10.2 Å². The Labute approximate surface area is 196 Å². The van der Waals surface area contributed by atoms with E-state index in [1.54, 1.807) is 5.71 Å². The Balaban J connectivity index is 0.000000523. The van der Waals surface area contributed by atoms with Crippen molar-refractivity contribution in [1.82, 2.24) is 9.80 Å². The molecule has 32 heavy (non-hydrogen) atoms. The normalized spacial score (nSPS) is 41.8. The lowest BCUT2D eigenvalue weighted by Gasteiger charge is -2.42. The average molecular weight is 474 g/mol. The van der Waals surface area contributed by atoms with Gasteiger partial charge in [-0.1, -0.05) is 12.8 Å². The van der Waals surface area contributed by atoms with E-state index < -0.39 is 10.2 Å². The number of halogens is 1. The molecular formula is C24H44ClN3O4. The number of likely N-dealkylation sites (tertiary alicyclic amines) is 2. The largest absolute Gasteiger partial charge is 0.284 e. The summed E-state index contributed by atoms with van der Waals surface area (Å²) in [6.07, 6.45) is 12.5. The van der Waals surface area contributed by atoms with Gasteiger partial charge in [0.05, 0.1) is 0 Å². The lowest BCUT2D eigenvalue weighted by atomic mass is 9.96. The highest BCUT2D eigenvalue weighted by molar-refractivity contribution is 6.08. The van der Waals surface area contributed by atoms with Crippen LogP contribution in [-0.4, -0.2) is 68.4 Å². The molecule has 1 aliphatic carbocycles. The number of hydrogen-bond acceptors (Lipinski definition) is 6. The Bertz CT molecular complexity index is 598. The minimum atomic E-state index is -4.94. The summed E-state index contributed by atoms with van der Waals surface area (Å²) in [4.78, 5) is 5.87. The van der Waals surface area contributed by atoms with Crippen molar-refractivity contribution < 1.29 is 33.5 Å². The molecule has 0 aromatic carbocycles. The highest BCUT2D eigenvalue weighted by Gasteiger charge is 2.64. The van der Waals surface area contributed by atoms with Crippen molar-refractivity contribution in [3.05, 3.63) is 0 Å². The Morgan fingerprint density at radius 2 is 0.875 bits per heavy atom. The topological polar surface area (TPSA) is 102 Å². The maximum atomic E-state index is 8.49. The summed E-state index contributed by atoms with van der Waals surface area (Å²) in [5.41, 5.74) is 1.80. The van der Waals surface area contributed by atoms with E-state index in [0.717, 1.165) is 36.3 Å². The minimum Gasteiger partial charge on any atom is -0.284 e. The fourth-order valence-corrected chi connectivity index (χ4v) is 7.07. The van der Waals surface area contributed by atoms with Crippen LogP contribution in [0.2, 0.25) is 0 Å². The van der Waals surface area contributed by atoms with Gasteiger partial charge in [0.25, 0.3) is 0 Å². The molecule has 7 nitrogen and oxygen atoms in total. The molecule has 2 unspecified atom stereocenters. The molecule has 0 aromatic heterocycles. The number of hydrogen-bond donors (Lipinski definition) is 0. The van der Waals surface area contributed by atoms with Crippen LogP contribution >= 0.6 is 0 Å². The van der Waals surface area contributed by atoms with E-state index >= 15 is 0 Å². The summed E-state index contributed by atoms with van der Waals surface area (Å²) in [5.74, 6) is 0. The predicted octanol–water partition coefficient (Wildman–Crippen LogP) is -0.0786. The predicted molar refractivity (Wildman–Crippen MR) is 115 cm³/mol. The minimum absolute atomic E-state index is 0.682. The lowest BCUT2D eigenvalue weighted by molar-refractivity contribution is -2.00. The Hall–Kier alpha value is -0.280. The zero-order valence-electron chi connectivity index (χ0n) is 20.8. The van der Waals surface area contributed by atoms with Crippen LogP contribution in [-0.2, 0) is 0 Å². The quantitative estimate of drug-likeness (QED) is 0.520. The first-order chi connectivity index (χ1) is 14.9. The highest BCUT2D eigenvalue weighted by Crippen LogP contribution is 2.42. The summed E-state index contributed by atoms with van der Waals surface area (Å²) in [7, 11) is -4.94. The average Bonchev–Trinajstić information content (AvgIpc) is 3.34. The number of rotatable bonds is 2. The maximum Gasteiger partial charge on any atom is 0.191 e. The van der Waals surface area contributed by atoms with E-state index in [1.165, 1.54) is 57.8 Å². The van der Waals surface area contributed by atoms with Gasteiger partial charge >= 0.3 is 0 Å². The summed E-state index contributed by atoms with van der Waals surface area (Å²) in [6, 6.07) is 5.77. The van der Waals surface area contributed by atoms with Crippen LogP contribution in [0.25, 0.3) is 0 Å². The molecule has 4 rings (SSSR count). The molecule has 3 heterocycles. The van der Waals surface area contributed by atoms with Gasteiger partial charge in [0.15, 0.2) is 5.71 Å². The summed E-state index contributed by atoms with van der Waals surface area (Å²) in [5, 5.41) is 0. The van der Waals surface area contributed by atoms with Crippen molar-refractivity contribution in [2.75, 3.05) is 0 Å². The molecule has 3 saturated heterocycles. The van der Waals surface area contributed by atoms with E-state index in [1.807, 2.05) is 0 Å². The number of piperidine rings is 3. The van der Waals surface area contributed by atoms with Gasteiger partial charge in [-0.3, -0.25) is 9.80 Å². The molecular weight excluding hydrogens is 430 g/mol. The zero-order valence-corrected chi connectivity index (χ0v) is 21.6. The Morgan fingerprint density at radius 1 is 0.594 bits per heavy atom. The molecule has 8 atom stereocenters. The van der Waals surface area contributed by atoms with Crippen molar-refractivity contribution in [3.63, 3.8) is 0 Å². The second-order valence-electron chi connectivity index (χ2n) is 10.9. The maximum absolute atomic E-state index is 8.49. The van der Waals surface area contributed by atoms with Gasteiger partial charge in [-0.05, 0) is 73.6 Å². The van der Waals surface area contributed by atoms with Crippen molar-refractivity contribution in [1.29, 1.82) is 0 Å². The van der Waals surface area contributed by atoms with Gasteiger partial charge in [0.2, 0.25) is 0 Å². The van der Waals surface area contributed by atoms with E-state index in [-0.39, 0.29) is 0 Å². The number of nitrogens with zero attached hydrogens (tertiary/aromatic N) is 3. The van der Waals surface area contributed by atoms with Gasteiger partial charge in [0.1, 0.15) is 24.2 Å². The molecule has 0 spiro atoms. The van der Waals surface area contributed by atoms with Gasteiger partial charge in [-0.2, -0.15) is 0 Å². The molecule has 4 fully saturated rings. The van der Waals surface area contributed by atoms with Crippen molar-refractivity contribution in [2.45, 2.75) is 148 Å². The van der Waals surface area contributed by atoms with Crippen LogP contribution in [0.3, 0.4) is 0 Å². The lowest BCUT2D eigenvalue weighted by Crippen LogP contribution is -2.68. The first-order valence-corrected chi connectivity index (χ1v) is 14.0. The molecule has 186 valence electrons. The molecule has 0 radical (unpaired) electrons. The van der Waals surface area contributed by atoms with Gasteiger partial charge in [-0.25, -0.2) is 23.2 Å². The molecule has 3 aliphatic heterocycles. The molecule has 0 amide bonds. The van der Waals surface area contributed by atoms with Crippen molar-refractivity contribution in [3.8, 4) is 0 Å². The van der Waals surface area contributed by atoms with E-state index in [0.29, 0.717) is 12.1 Å². The second kappa shape index (κ2) is 10.5. The fourth-order valence-electron chi connectivity index (χ4n) is 7.07. The molecule has 0 bridgehead atoms. The van der Waals surface area contributed by atoms with Crippen LogP contribution in [0.4, 0.5) is 0 Å². The third-order valence-electron chi connectivity index (χ3n) is 8.45. The summed E-state index contributed by atoms with van der Waals surface area (Å²) >= 11 is 0. The molecule has 0 aromatic rings. The van der Waals surface area contributed by atoms with Crippen LogP contribution in [0.15, 0.2) is 0 Å². The monoisotopic (exact) mass is 473 g/mol. The first-order valence-electron chi connectivity index (χ1n) is 12.7. The van der Waals surface area contributed by atoms with Gasteiger partial charge in [0, 0.05) is 37.0 Å². The summed E-state index contributed by atoms with van der Waals surface area (Å²) < 4.78 is 36.9. The van der Waals surface area contributed by atoms with E-state index in [4.69, 9.17) is 18.6 Å².